The van der Waals surface area contributed by atoms with Crippen molar-refractivity contribution < 1.29 is 14.3 Å². The largest absolute Gasteiger partial charge is 0.497 e. The van der Waals surface area contributed by atoms with E-state index in [0.29, 0.717) is 38.3 Å². The minimum absolute atomic E-state index is 0.0941. The number of hydrogen-bond acceptors (Lipinski definition) is 4. The molecule has 1 aliphatic rings. The van der Waals surface area contributed by atoms with Gasteiger partial charge in [0.1, 0.15) is 5.75 Å². The molecule has 1 N–H and O–H groups in total. The SMILES string of the molecule is COc1ccc(NC(=O)N(CCC(=O)N2CCN(C(c3ccccc3)c3ccccc3)CC2)CC(C)C)cc1. The first-order chi connectivity index (χ1) is 18.9. The molecule has 0 aromatic heterocycles. The molecule has 0 spiro atoms. The minimum Gasteiger partial charge on any atom is -0.497 e. The molecule has 4 rings (SSSR count). The maximum atomic E-state index is 13.2. The highest BCUT2D eigenvalue weighted by Crippen LogP contribution is 2.29. The molecule has 206 valence electrons. The molecule has 0 radical (unpaired) electrons. The summed E-state index contributed by atoms with van der Waals surface area (Å²) in [6, 6.07) is 28.3. The number of ether oxygens (including phenoxy) is 1. The Labute approximate surface area is 232 Å². The van der Waals surface area contributed by atoms with E-state index in [1.54, 1.807) is 12.0 Å². The van der Waals surface area contributed by atoms with Crippen molar-refractivity contribution in [2.75, 3.05) is 51.7 Å². The van der Waals surface area contributed by atoms with Gasteiger partial charge < -0.3 is 19.9 Å². The number of benzene rings is 3. The first kappa shape index (κ1) is 28.2. The highest BCUT2D eigenvalue weighted by atomic mass is 16.5. The summed E-state index contributed by atoms with van der Waals surface area (Å²) >= 11 is 0. The molecule has 3 aromatic rings. The Hall–Kier alpha value is -3.84. The average molecular weight is 529 g/mol. The zero-order valence-electron chi connectivity index (χ0n) is 23.3. The first-order valence-electron chi connectivity index (χ1n) is 13.8. The second kappa shape index (κ2) is 13.8. The number of urea groups is 1. The van der Waals surface area contributed by atoms with Crippen LogP contribution in [0.4, 0.5) is 10.5 Å². The predicted octanol–water partition coefficient (Wildman–Crippen LogP) is 5.51. The van der Waals surface area contributed by atoms with Crippen molar-refractivity contribution in [2.24, 2.45) is 5.92 Å². The fraction of sp³-hybridized carbons (Fsp3) is 0.375. The molecular formula is C32H40N4O3. The predicted molar refractivity (Wildman–Crippen MR) is 156 cm³/mol. The zero-order valence-corrected chi connectivity index (χ0v) is 23.3. The van der Waals surface area contributed by atoms with Crippen LogP contribution in [0.15, 0.2) is 84.9 Å². The first-order valence-corrected chi connectivity index (χ1v) is 13.8. The Balaban J connectivity index is 1.33. The standard InChI is InChI=1S/C32H40N4O3/c1-25(2)24-36(32(38)33-28-14-16-29(39-3)17-15-28)19-18-30(37)34-20-22-35(23-21-34)31(26-10-6-4-7-11-26)27-12-8-5-9-13-27/h4-17,25,31H,18-24H2,1-3H3,(H,33,38). The van der Waals surface area contributed by atoms with Crippen LogP contribution in [0.3, 0.4) is 0 Å². The Morgan fingerprint density at radius 3 is 1.92 bits per heavy atom. The van der Waals surface area contributed by atoms with Crippen LogP contribution in [0.2, 0.25) is 0 Å². The lowest BCUT2D eigenvalue weighted by molar-refractivity contribution is -0.133. The number of rotatable bonds is 10. The van der Waals surface area contributed by atoms with Gasteiger partial charge in [-0.25, -0.2) is 4.79 Å². The molecule has 1 heterocycles. The van der Waals surface area contributed by atoms with E-state index >= 15 is 0 Å². The molecule has 3 amide bonds. The maximum Gasteiger partial charge on any atom is 0.321 e. The van der Waals surface area contributed by atoms with E-state index < -0.39 is 0 Å². The summed E-state index contributed by atoms with van der Waals surface area (Å²) in [4.78, 5) is 32.4. The molecule has 0 aliphatic carbocycles. The second-order valence-electron chi connectivity index (χ2n) is 10.4. The normalized spacial score (nSPS) is 13.9. The molecule has 7 nitrogen and oxygen atoms in total. The van der Waals surface area contributed by atoms with Crippen LogP contribution in [0.5, 0.6) is 5.75 Å². The van der Waals surface area contributed by atoms with Gasteiger partial charge in [0.15, 0.2) is 0 Å². The van der Waals surface area contributed by atoms with E-state index in [1.807, 2.05) is 41.3 Å². The van der Waals surface area contributed by atoms with Crippen molar-refractivity contribution in [3.05, 3.63) is 96.1 Å². The van der Waals surface area contributed by atoms with Crippen molar-refractivity contribution in [2.45, 2.75) is 26.3 Å². The second-order valence-corrected chi connectivity index (χ2v) is 10.4. The molecule has 7 heteroatoms. The van der Waals surface area contributed by atoms with Crippen molar-refractivity contribution in [1.82, 2.24) is 14.7 Å². The summed E-state index contributed by atoms with van der Waals surface area (Å²) in [6.07, 6.45) is 0.309. The van der Waals surface area contributed by atoms with E-state index in [-0.39, 0.29) is 23.9 Å². The summed E-state index contributed by atoms with van der Waals surface area (Å²) in [7, 11) is 1.61. The Morgan fingerprint density at radius 1 is 0.846 bits per heavy atom. The van der Waals surface area contributed by atoms with Crippen molar-refractivity contribution in [1.29, 1.82) is 0 Å². The van der Waals surface area contributed by atoms with Gasteiger partial charge in [0.25, 0.3) is 0 Å². The number of carbonyl (C=O) groups is 2. The van der Waals surface area contributed by atoms with Gasteiger partial charge in [0.2, 0.25) is 5.91 Å². The number of amides is 3. The van der Waals surface area contributed by atoms with Crippen LogP contribution in [0, 0.1) is 5.92 Å². The third-order valence-electron chi connectivity index (χ3n) is 7.07. The lowest BCUT2D eigenvalue weighted by atomic mass is 9.96. The zero-order chi connectivity index (χ0) is 27.6. The summed E-state index contributed by atoms with van der Waals surface area (Å²) in [5, 5.41) is 2.95. The van der Waals surface area contributed by atoms with Gasteiger partial charge in [-0.3, -0.25) is 9.69 Å². The third kappa shape index (κ3) is 7.83. The summed E-state index contributed by atoms with van der Waals surface area (Å²) in [5.41, 5.74) is 3.22. The van der Waals surface area contributed by atoms with Gasteiger partial charge in [-0.2, -0.15) is 0 Å². The number of nitrogens with one attached hydrogen (secondary N) is 1. The Bertz CT molecular complexity index is 1140. The van der Waals surface area contributed by atoms with E-state index in [9.17, 15) is 9.59 Å². The topological polar surface area (TPSA) is 65.1 Å². The smallest absolute Gasteiger partial charge is 0.321 e. The quantitative estimate of drug-likeness (QED) is 0.377. The molecule has 1 saturated heterocycles. The lowest BCUT2D eigenvalue weighted by Crippen LogP contribution is -2.50. The number of nitrogens with zero attached hydrogens (tertiary/aromatic N) is 3. The monoisotopic (exact) mass is 528 g/mol. The highest BCUT2D eigenvalue weighted by Gasteiger charge is 2.28. The van der Waals surface area contributed by atoms with Gasteiger partial charge in [-0.1, -0.05) is 74.5 Å². The number of carbonyl (C=O) groups excluding carboxylic acids is 2. The van der Waals surface area contributed by atoms with Crippen LogP contribution in [0.1, 0.15) is 37.4 Å². The molecule has 0 saturated carbocycles. The summed E-state index contributed by atoms with van der Waals surface area (Å²) < 4.78 is 5.19. The fourth-order valence-electron chi connectivity index (χ4n) is 5.10. The van der Waals surface area contributed by atoms with E-state index in [2.05, 4.69) is 72.6 Å². The van der Waals surface area contributed by atoms with E-state index in [1.165, 1.54) is 11.1 Å². The molecule has 3 aromatic carbocycles. The molecule has 0 atom stereocenters. The van der Waals surface area contributed by atoms with Gasteiger partial charge in [0, 0.05) is 51.4 Å². The summed E-state index contributed by atoms with van der Waals surface area (Å²) in [5.74, 6) is 1.12. The van der Waals surface area contributed by atoms with Crippen molar-refractivity contribution in [3.63, 3.8) is 0 Å². The van der Waals surface area contributed by atoms with Gasteiger partial charge in [-0.15, -0.1) is 0 Å². The number of piperazine rings is 1. The van der Waals surface area contributed by atoms with Crippen LogP contribution < -0.4 is 10.1 Å². The highest BCUT2D eigenvalue weighted by molar-refractivity contribution is 5.89. The van der Waals surface area contributed by atoms with Crippen LogP contribution in [-0.4, -0.2) is 73.0 Å². The molecule has 39 heavy (non-hydrogen) atoms. The maximum absolute atomic E-state index is 13.2. The summed E-state index contributed by atoms with van der Waals surface area (Å²) in [6.45, 7) is 8.07. The molecule has 1 aliphatic heterocycles. The Morgan fingerprint density at radius 2 is 1.41 bits per heavy atom. The Kier molecular flexibility index (Phi) is 9.97. The minimum atomic E-state index is -0.194. The van der Waals surface area contributed by atoms with Gasteiger partial charge in [0.05, 0.1) is 13.2 Å². The lowest BCUT2D eigenvalue weighted by Gasteiger charge is -2.40. The molecule has 0 bridgehead atoms. The van der Waals surface area contributed by atoms with E-state index in [4.69, 9.17) is 4.74 Å². The van der Waals surface area contributed by atoms with Crippen LogP contribution in [0.25, 0.3) is 0 Å². The van der Waals surface area contributed by atoms with E-state index in [0.717, 1.165) is 18.8 Å². The van der Waals surface area contributed by atoms with Crippen LogP contribution in [-0.2, 0) is 4.79 Å². The van der Waals surface area contributed by atoms with Gasteiger partial charge >= 0.3 is 6.03 Å². The molecule has 1 fully saturated rings. The average Bonchev–Trinajstić information content (AvgIpc) is 2.97. The van der Waals surface area contributed by atoms with Crippen LogP contribution >= 0.6 is 0 Å². The third-order valence-corrected chi connectivity index (χ3v) is 7.07. The van der Waals surface area contributed by atoms with Gasteiger partial charge in [-0.05, 0) is 41.3 Å². The fourth-order valence-corrected chi connectivity index (χ4v) is 5.10. The number of methoxy groups -OCH3 is 1. The van der Waals surface area contributed by atoms with Crippen molar-refractivity contribution >= 4 is 17.6 Å². The van der Waals surface area contributed by atoms with Crippen molar-refractivity contribution in [3.8, 4) is 5.75 Å². The number of hydrogen-bond donors (Lipinski definition) is 1. The molecular weight excluding hydrogens is 488 g/mol. The number of anilines is 1. The molecule has 0 unspecified atom stereocenters.